The lowest BCUT2D eigenvalue weighted by Crippen LogP contribution is -1.97. The lowest BCUT2D eigenvalue weighted by molar-refractivity contribution is 0.149. The molecule has 2 aromatic carbocycles. The van der Waals surface area contributed by atoms with Gasteiger partial charge in [-0.3, -0.25) is 0 Å². The van der Waals surface area contributed by atoms with Gasteiger partial charge in [0.2, 0.25) is 0 Å². The molecule has 2 rings (SSSR count). The molecule has 0 fully saturated rings. The van der Waals surface area contributed by atoms with Gasteiger partial charge in [0, 0.05) is 0 Å². The van der Waals surface area contributed by atoms with Gasteiger partial charge in [0.05, 0.1) is 19.8 Å². The number of benzene rings is 2. The maximum atomic E-state index is 5.87. The largest absolute Gasteiger partial charge is 0.494 e. The molecule has 27 heavy (non-hydrogen) atoms. The van der Waals surface area contributed by atoms with Crippen molar-refractivity contribution in [2.24, 2.45) is 0 Å². The van der Waals surface area contributed by atoms with E-state index in [1.807, 2.05) is 0 Å². The van der Waals surface area contributed by atoms with Gasteiger partial charge >= 0.3 is 0 Å². The van der Waals surface area contributed by atoms with Crippen molar-refractivity contribution < 1.29 is 9.47 Å². The maximum absolute atomic E-state index is 5.87. The van der Waals surface area contributed by atoms with Gasteiger partial charge < -0.3 is 9.47 Å². The fraction of sp³-hybridized carbons (Fsp3) is 0.440. The zero-order valence-electron chi connectivity index (χ0n) is 16.8. The Morgan fingerprint density at radius 1 is 0.778 bits per heavy atom. The van der Waals surface area contributed by atoms with Crippen LogP contribution in [0.25, 0.3) is 11.1 Å². The van der Waals surface area contributed by atoms with E-state index < -0.39 is 0 Å². The molecule has 0 aliphatic heterocycles. The summed E-state index contributed by atoms with van der Waals surface area (Å²) in [6.45, 7) is 7.94. The highest BCUT2D eigenvalue weighted by molar-refractivity contribution is 5.64. The molecule has 0 N–H and O–H groups in total. The SMILES string of the molecule is C=CCOCc1ccc(-c2ccc(OCCCCCCCCC)cc2)cc1. The first-order chi connectivity index (χ1) is 13.3. The molecule has 0 unspecified atom stereocenters. The molecule has 0 saturated carbocycles. The van der Waals surface area contributed by atoms with Crippen molar-refractivity contribution in [1.29, 1.82) is 0 Å². The summed E-state index contributed by atoms with van der Waals surface area (Å²) in [5, 5.41) is 0. The van der Waals surface area contributed by atoms with E-state index in [1.54, 1.807) is 6.08 Å². The Labute approximate surface area is 165 Å². The lowest BCUT2D eigenvalue weighted by atomic mass is 10.0. The highest BCUT2D eigenvalue weighted by Gasteiger charge is 2.00. The van der Waals surface area contributed by atoms with Gasteiger partial charge in [-0.15, -0.1) is 6.58 Å². The van der Waals surface area contributed by atoms with Crippen LogP contribution in [0.3, 0.4) is 0 Å². The predicted molar refractivity (Wildman–Crippen MR) is 115 cm³/mol. The summed E-state index contributed by atoms with van der Waals surface area (Å²) in [4.78, 5) is 0. The molecular weight excluding hydrogens is 332 g/mol. The molecule has 2 heteroatoms. The number of rotatable bonds is 14. The van der Waals surface area contributed by atoms with Crippen LogP contribution in [0, 0.1) is 0 Å². The maximum Gasteiger partial charge on any atom is 0.119 e. The second-order valence-corrected chi connectivity index (χ2v) is 6.99. The van der Waals surface area contributed by atoms with E-state index in [4.69, 9.17) is 9.47 Å². The Balaban J connectivity index is 1.70. The van der Waals surface area contributed by atoms with Crippen molar-refractivity contribution in [2.75, 3.05) is 13.2 Å². The molecule has 2 aromatic rings. The van der Waals surface area contributed by atoms with Gasteiger partial charge in [0.25, 0.3) is 0 Å². The van der Waals surface area contributed by atoms with Crippen LogP contribution in [-0.4, -0.2) is 13.2 Å². The zero-order valence-corrected chi connectivity index (χ0v) is 16.8. The minimum Gasteiger partial charge on any atom is -0.494 e. The fourth-order valence-corrected chi connectivity index (χ4v) is 3.05. The second-order valence-electron chi connectivity index (χ2n) is 6.99. The van der Waals surface area contributed by atoms with Crippen LogP contribution >= 0.6 is 0 Å². The average Bonchev–Trinajstić information content (AvgIpc) is 2.71. The van der Waals surface area contributed by atoms with Crippen molar-refractivity contribution in [2.45, 2.75) is 58.5 Å². The Bertz CT molecular complexity index is 628. The summed E-state index contributed by atoms with van der Waals surface area (Å²) >= 11 is 0. The Kier molecular flexibility index (Phi) is 10.4. The van der Waals surface area contributed by atoms with Crippen molar-refractivity contribution in [3.8, 4) is 16.9 Å². The van der Waals surface area contributed by atoms with E-state index in [-0.39, 0.29) is 0 Å². The number of unbranched alkanes of at least 4 members (excludes halogenated alkanes) is 6. The quantitative estimate of drug-likeness (QED) is 0.260. The van der Waals surface area contributed by atoms with Gasteiger partial charge in [0.15, 0.2) is 0 Å². The topological polar surface area (TPSA) is 18.5 Å². The molecule has 0 radical (unpaired) electrons. The molecule has 146 valence electrons. The molecule has 0 aliphatic carbocycles. The molecule has 0 heterocycles. The van der Waals surface area contributed by atoms with Crippen LogP contribution in [-0.2, 0) is 11.3 Å². The van der Waals surface area contributed by atoms with Crippen molar-refractivity contribution in [1.82, 2.24) is 0 Å². The van der Waals surface area contributed by atoms with Crippen LogP contribution in [0.15, 0.2) is 61.2 Å². The number of ether oxygens (including phenoxy) is 2. The smallest absolute Gasteiger partial charge is 0.119 e. The van der Waals surface area contributed by atoms with E-state index in [0.29, 0.717) is 13.2 Å². The van der Waals surface area contributed by atoms with Crippen molar-refractivity contribution >= 4 is 0 Å². The number of hydrogen-bond acceptors (Lipinski definition) is 2. The summed E-state index contributed by atoms with van der Waals surface area (Å²) in [6, 6.07) is 16.9. The third kappa shape index (κ3) is 8.45. The van der Waals surface area contributed by atoms with Crippen LogP contribution in [0.1, 0.15) is 57.4 Å². The Hall–Kier alpha value is -2.06. The standard InChI is InChI=1S/C25H34O2/c1-3-5-6-7-8-9-10-20-27-25-17-15-24(16-18-25)23-13-11-22(12-14-23)21-26-19-4-2/h4,11-18H,2-3,5-10,19-21H2,1H3. The predicted octanol–water partition coefficient (Wildman–Crippen LogP) is 7.19. The normalized spacial score (nSPS) is 10.7. The van der Waals surface area contributed by atoms with Crippen LogP contribution in [0.4, 0.5) is 0 Å². The molecule has 0 amide bonds. The first-order valence-electron chi connectivity index (χ1n) is 10.3. The fourth-order valence-electron chi connectivity index (χ4n) is 3.05. The van der Waals surface area contributed by atoms with Crippen molar-refractivity contribution in [3.05, 3.63) is 66.7 Å². The summed E-state index contributed by atoms with van der Waals surface area (Å²) in [7, 11) is 0. The monoisotopic (exact) mass is 366 g/mol. The lowest BCUT2D eigenvalue weighted by Gasteiger charge is -2.08. The molecule has 0 bridgehead atoms. The zero-order chi connectivity index (χ0) is 19.2. The average molecular weight is 367 g/mol. The molecular formula is C25H34O2. The van der Waals surface area contributed by atoms with E-state index in [1.165, 1.54) is 55.2 Å². The van der Waals surface area contributed by atoms with Gasteiger partial charge in [-0.05, 0) is 35.2 Å². The number of hydrogen-bond donors (Lipinski definition) is 0. The van der Waals surface area contributed by atoms with Crippen LogP contribution in [0.5, 0.6) is 5.75 Å². The first kappa shape index (κ1) is 21.2. The molecule has 0 aliphatic rings. The van der Waals surface area contributed by atoms with Gasteiger partial charge in [-0.25, -0.2) is 0 Å². The Morgan fingerprint density at radius 2 is 1.37 bits per heavy atom. The van der Waals surface area contributed by atoms with E-state index in [9.17, 15) is 0 Å². The summed E-state index contributed by atoms with van der Waals surface area (Å²) in [5.41, 5.74) is 3.59. The van der Waals surface area contributed by atoms with E-state index >= 15 is 0 Å². The molecule has 0 aromatic heterocycles. The van der Waals surface area contributed by atoms with Gasteiger partial charge in [-0.1, -0.05) is 87.9 Å². The van der Waals surface area contributed by atoms with Crippen molar-refractivity contribution in [3.63, 3.8) is 0 Å². The second kappa shape index (κ2) is 13.2. The minimum atomic E-state index is 0.585. The van der Waals surface area contributed by atoms with Crippen LogP contribution < -0.4 is 4.74 Å². The summed E-state index contributed by atoms with van der Waals surface area (Å²) < 4.78 is 11.3. The molecule has 0 atom stereocenters. The highest BCUT2D eigenvalue weighted by Crippen LogP contribution is 2.23. The molecule has 0 spiro atoms. The Morgan fingerprint density at radius 3 is 2.00 bits per heavy atom. The van der Waals surface area contributed by atoms with Gasteiger partial charge in [-0.2, -0.15) is 0 Å². The molecule has 2 nitrogen and oxygen atoms in total. The highest BCUT2D eigenvalue weighted by atomic mass is 16.5. The third-order valence-corrected chi connectivity index (χ3v) is 4.66. The van der Waals surface area contributed by atoms with E-state index in [2.05, 4.69) is 62.0 Å². The van der Waals surface area contributed by atoms with Gasteiger partial charge in [0.1, 0.15) is 5.75 Å². The molecule has 0 saturated heterocycles. The minimum absolute atomic E-state index is 0.585. The van der Waals surface area contributed by atoms with E-state index in [0.717, 1.165) is 18.8 Å². The van der Waals surface area contributed by atoms with Crippen LogP contribution in [0.2, 0.25) is 0 Å². The first-order valence-corrected chi connectivity index (χ1v) is 10.3. The summed E-state index contributed by atoms with van der Waals surface area (Å²) in [5.74, 6) is 0.958. The summed E-state index contributed by atoms with van der Waals surface area (Å²) in [6.07, 6.45) is 10.9. The third-order valence-electron chi connectivity index (χ3n) is 4.66.